The molecule has 0 spiro atoms. The second-order valence-corrected chi connectivity index (χ2v) is 15.7. The van der Waals surface area contributed by atoms with Crippen molar-refractivity contribution in [2.24, 2.45) is 0 Å². The zero-order valence-electron chi connectivity index (χ0n) is 33.2. The minimum absolute atomic E-state index is 0.897. The van der Waals surface area contributed by atoms with Gasteiger partial charge in [0.2, 0.25) is 0 Å². The van der Waals surface area contributed by atoms with E-state index in [9.17, 15) is 0 Å². The molecule has 0 N–H and O–H groups in total. The zero-order chi connectivity index (χ0) is 40.3. The Morgan fingerprint density at radius 1 is 0.328 bits per heavy atom. The average molecular weight is 779 g/mol. The van der Waals surface area contributed by atoms with Gasteiger partial charge in [0.25, 0.3) is 0 Å². The molecule has 3 heteroatoms. The molecule has 3 nitrogen and oxygen atoms in total. The van der Waals surface area contributed by atoms with Crippen LogP contribution in [0.25, 0.3) is 93.6 Å². The van der Waals surface area contributed by atoms with Gasteiger partial charge in [-0.2, -0.15) is 0 Å². The molecule has 12 rings (SSSR count). The van der Waals surface area contributed by atoms with E-state index in [1.807, 2.05) is 12.1 Å². The topological polar surface area (TPSA) is 21.3 Å². The number of rotatable bonds is 7. The van der Waals surface area contributed by atoms with Gasteiger partial charge in [0, 0.05) is 32.8 Å². The Kier molecular flexibility index (Phi) is 8.17. The van der Waals surface area contributed by atoms with Gasteiger partial charge >= 0.3 is 0 Å². The molecule has 2 heterocycles. The molecular formula is C58H38N2O. The van der Waals surface area contributed by atoms with E-state index in [0.29, 0.717) is 0 Å². The highest BCUT2D eigenvalue weighted by atomic mass is 16.3. The van der Waals surface area contributed by atoms with Crippen LogP contribution in [0.5, 0.6) is 0 Å². The molecule has 2 aromatic heterocycles. The SMILES string of the molecule is c1ccc(-c2ccc(-c3ccc4ccccc4c3)cc2N(c2ccc(-c3ccc4oc5ccccc5c4c3)cc2)c2ccccc2-n2c3ccccc3c3ccccc32)cc1. The van der Waals surface area contributed by atoms with E-state index in [1.54, 1.807) is 0 Å². The Morgan fingerprint density at radius 3 is 1.70 bits per heavy atom. The van der Waals surface area contributed by atoms with Gasteiger partial charge in [0.05, 0.1) is 28.1 Å². The van der Waals surface area contributed by atoms with Crippen molar-refractivity contribution in [2.45, 2.75) is 0 Å². The van der Waals surface area contributed by atoms with Crippen molar-refractivity contribution in [2.75, 3.05) is 4.90 Å². The second-order valence-electron chi connectivity index (χ2n) is 15.7. The fraction of sp³-hybridized carbons (Fsp3) is 0. The van der Waals surface area contributed by atoms with E-state index in [4.69, 9.17) is 4.42 Å². The number of benzene rings is 10. The zero-order valence-corrected chi connectivity index (χ0v) is 33.2. The number of para-hydroxylation sites is 5. The lowest BCUT2D eigenvalue weighted by molar-refractivity contribution is 0.669. The summed E-state index contributed by atoms with van der Waals surface area (Å²) < 4.78 is 8.62. The Hall–Kier alpha value is -8.14. The summed E-state index contributed by atoms with van der Waals surface area (Å²) in [4.78, 5) is 2.46. The largest absolute Gasteiger partial charge is 0.456 e. The molecule has 0 fully saturated rings. The summed E-state index contributed by atoms with van der Waals surface area (Å²) in [6.07, 6.45) is 0. The van der Waals surface area contributed by atoms with Gasteiger partial charge in [-0.3, -0.25) is 0 Å². The molecule has 0 aliphatic heterocycles. The van der Waals surface area contributed by atoms with Crippen molar-refractivity contribution in [3.05, 3.63) is 231 Å². The first-order valence-corrected chi connectivity index (χ1v) is 20.8. The predicted octanol–water partition coefficient (Wildman–Crippen LogP) is 16.3. The van der Waals surface area contributed by atoms with Gasteiger partial charge in [-0.15, -0.1) is 0 Å². The van der Waals surface area contributed by atoms with E-state index < -0.39 is 0 Å². The molecule has 0 saturated heterocycles. The van der Waals surface area contributed by atoms with Crippen molar-refractivity contribution >= 4 is 71.6 Å². The number of fused-ring (bicyclic) bond motifs is 7. The highest BCUT2D eigenvalue weighted by Gasteiger charge is 2.24. The summed E-state index contributed by atoms with van der Waals surface area (Å²) in [5, 5.41) is 7.16. The maximum absolute atomic E-state index is 6.19. The average Bonchev–Trinajstić information content (AvgIpc) is 3.88. The second kappa shape index (κ2) is 14.3. The Balaban J connectivity index is 1.10. The standard InChI is InChI=1S/C58H38N2O/c1-2-15-41(16-3-1)47-34-30-45(43-27-26-39-14-4-5-17-42(39)36-43)38-56(47)59(46-32-28-40(29-33-46)44-31-35-58-51(37-44)50-20-8-13-25-57(50)61-58)54-23-11-12-24-55(54)60-52-21-9-6-18-48(52)49-19-7-10-22-53(49)60/h1-38H. The molecule has 0 aliphatic carbocycles. The quantitative estimate of drug-likeness (QED) is 0.161. The van der Waals surface area contributed by atoms with Crippen LogP contribution in [0.1, 0.15) is 0 Å². The minimum atomic E-state index is 0.897. The van der Waals surface area contributed by atoms with Crippen LogP contribution in [0.4, 0.5) is 17.1 Å². The molecule has 10 aromatic carbocycles. The van der Waals surface area contributed by atoms with Crippen LogP contribution in [0.3, 0.4) is 0 Å². The number of hydrogen-bond acceptors (Lipinski definition) is 2. The van der Waals surface area contributed by atoms with Crippen molar-refractivity contribution < 1.29 is 4.42 Å². The summed E-state index contributed by atoms with van der Waals surface area (Å²) >= 11 is 0. The lowest BCUT2D eigenvalue weighted by atomic mass is 9.95. The van der Waals surface area contributed by atoms with Gasteiger partial charge < -0.3 is 13.9 Å². The van der Waals surface area contributed by atoms with Crippen LogP contribution in [0, 0.1) is 0 Å². The fourth-order valence-electron chi connectivity index (χ4n) is 9.27. The smallest absolute Gasteiger partial charge is 0.135 e. The molecule has 0 radical (unpaired) electrons. The third kappa shape index (κ3) is 5.90. The van der Waals surface area contributed by atoms with Crippen molar-refractivity contribution in [1.29, 1.82) is 0 Å². The molecule has 61 heavy (non-hydrogen) atoms. The van der Waals surface area contributed by atoms with E-state index >= 15 is 0 Å². The Morgan fingerprint density at radius 2 is 0.902 bits per heavy atom. The fourth-order valence-corrected chi connectivity index (χ4v) is 9.27. The third-order valence-corrected chi connectivity index (χ3v) is 12.2. The van der Waals surface area contributed by atoms with Gasteiger partial charge in [0.15, 0.2) is 0 Å². The predicted molar refractivity (Wildman–Crippen MR) is 257 cm³/mol. The molecule has 12 aromatic rings. The van der Waals surface area contributed by atoms with Gasteiger partial charge in [0.1, 0.15) is 11.2 Å². The first kappa shape index (κ1) is 34.9. The molecule has 0 amide bonds. The van der Waals surface area contributed by atoms with Crippen LogP contribution >= 0.6 is 0 Å². The first-order valence-electron chi connectivity index (χ1n) is 20.8. The van der Waals surface area contributed by atoms with Crippen LogP contribution in [-0.4, -0.2) is 4.57 Å². The molecule has 0 bridgehead atoms. The van der Waals surface area contributed by atoms with Crippen LogP contribution in [-0.2, 0) is 0 Å². The van der Waals surface area contributed by atoms with Crippen LogP contribution in [0.15, 0.2) is 235 Å². The number of anilines is 3. The van der Waals surface area contributed by atoms with Gasteiger partial charge in [-0.1, -0.05) is 164 Å². The lowest BCUT2D eigenvalue weighted by Crippen LogP contribution is -2.14. The first-order chi connectivity index (χ1) is 30.2. The maximum atomic E-state index is 6.19. The monoisotopic (exact) mass is 778 g/mol. The number of aromatic nitrogens is 1. The summed E-state index contributed by atoms with van der Waals surface area (Å²) in [5.41, 5.74) is 15.3. The van der Waals surface area contributed by atoms with E-state index in [0.717, 1.165) is 72.5 Å². The lowest BCUT2D eigenvalue weighted by Gasteiger charge is -2.31. The van der Waals surface area contributed by atoms with Crippen LogP contribution < -0.4 is 4.90 Å². The van der Waals surface area contributed by atoms with Gasteiger partial charge in [-0.05, 0) is 105 Å². The molecule has 0 unspecified atom stereocenters. The molecule has 0 atom stereocenters. The minimum Gasteiger partial charge on any atom is -0.456 e. The number of nitrogens with zero attached hydrogens (tertiary/aromatic N) is 2. The van der Waals surface area contributed by atoms with Gasteiger partial charge in [-0.25, -0.2) is 0 Å². The Bertz CT molecular complexity index is 3540. The number of furan rings is 1. The van der Waals surface area contributed by atoms with E-state index in [-0.39, 0.29) is 0 Å². The van der Waals surface area contributed by atoms with Crippen LogP contribution in [0.2, 0.25) is 0 Å². The maximum Gasteiger partial charge on any atom is 0.135 e. The van der Waals surface area contributed by atoms with Crippen molar-refractivity contribution in [3.8, 4) is 39.1 Å². The highest BCUT2D eigenvalue weighted by molar-refractivity contribution is 6.10. The van der Waals surface area contributed by atoms with Crippen molar-refractivity contribution in [1.82, 2.24) is 4.57 Å². The van der Waals surface area contributed by atoms with E-state index in [1.165, 1.54) is 38.1 Å². The molecule has 0 saturated carbocycles. The third-order valence-electron chi connectivity index (χ3n) is 12.2. The summed E-state index contributed by atoms with van der Waals surface area (Å²) in [6.45, 7) is 0. The van der Waals surface area contributed by atoms with Crippen molar-refractivity contribution in [3.63, 3.8) is 0 Å². The summed E-state index contributed by atoms with van der Waals surface area (Å²) in [6, 6.07) is 83.2. The highest BCUT2D eigenvalue weighted by Crippen LogP contribution is 2.47. The molecule has 0 aliphatic rings. The van der Waals surface area contributed by atoms with E-state index in [2.05, 4.69) is 228 Å². The molecule has 286 valence electrons. The normalized spacial score (nSPS) is 11.6. The number of hydrogen-bond donors (Lipinski definition) is 0. The molecular weight excluding hydrogens is 741 g/mol. The summed E-state index contributed by atoms with van der Waals surface area (Å²) in [5.74, 6) is 0. The summed E-state index contributed by atoms with van der Waals surface area (Å²) in [7, 11) is 0. The Labute approximate surface area is 353 Å².